The summed E-state index contributed by atoms with van der Waals surface area (Å²) in [5, 5.41) is 7.02. The van der Waals surface area contributed by atoms with Crippen LogP contribution in [0.1, 0.15) is 38.7 Å². The molecule has 1 unspecified atom stereocenters. The zero-order valence-electron chi connectivity index (χ0n) is 16.7. The molecule has 5 nitrogen and oxygen atoms in total. The Morgan fingerprint density at radius 2 is 2.00 bits per heavy atom. The van der Waals surface area contributed by atoms with Crippen molar-refractivity contribution in [1.82, 2.24) is 15.5 Å². The summed E-state index contributed by atoms with van der Waals surface area (Å²) in [6, 6.07) is 11.0. The van der Waals surface area contributed by atoms with E-state index in [-0.39, 0.29) is 41.8 Å². The predicted molar refractivity (Wildman–Crippen MR) is 122 cm³/mol. The highest BCUT2D eigenvalue weighted by molar-refractivity contribution is 14.0. The van der Waals surface area contributed by atoms with Gasteiger partial charge in [-0.2, -0.15) is 0 Å². The highest BCUT2D eigenvalue weighted by Crippen LogP contribution is 2.47. The van der Waals surface area contributed by atoms with E-state index in [1.54, 1.807) is 0 Å². The van der Waals surface area contributed by atoms with Gasteiger partial charge in [0.1, 0.15) is 0 Å². The second-order valence-electron chi connectivity index (χ2n) is 8.16. The van der Waals surface area contributed by atoms with Gasteiger partial charge in [0.05, 0.1) is 0 Å². The van der Waals surface area contributed by atoms with Crippen molar-refractivity contribution >= 4 is 35.8 Å². The third-order valence-electron chi connectivity index (χ3n) is 5.57. The molecule has 1 aromatic carbocycles. The zero-order valence-corrected chi connectivity index (χ0v) is 19.0. The average molecular weight is 484 g/mol. The van der Waals surface area contributed by atoms with E-state index >= 15 is 0 Å². The molecule has 27 heavy (non-hydrogen) atoms. The first-order valence-electron chi connectivity index (χ1n) is 9.81. The molecular weight excluding hydrogens is 451 g/mol. The zero-order chi connectivity index (χ0) is 18.6. The Balaban J connectivity index is 0.00000261. The molecule has 6 heteroatoms. The highest BCUT2D eigenvalue weighted by Gasteiger charge is 2.42. The van der Waals surface area contributed by atoms with Crippen LogP contribution in [-0.2, 0) is 11.2 Å². The van der Waals surface area contributed by atoms with Gasteiger partial charge in [-0.3, -0.25) is 9.79 Å². The van der Waals surface area contributed by atoms with E-state index in [0.29, 0.717) is 5.41 Å². The van der Waals surface area contributed by atoms with Gasteiger partial charge in [-0.15, -0.1) is 24.0 Å². The topological polar surface area (TPSA) is 56.7 Å². The SMILES string of the molecule is CN=C(NCC1(Cc2ccccc2)CC1)NC1CCN(C(=O)C(C)C)C1.I. The van der Waals surface area contributed by atoms with E-state index in [1.807, 2.05) is 25.8 Å². The van der Waals surface area contributed by atoms with Crippen molar-refractivity contribution in [2.75, 3.05) is 26.7 Å². The summed E-state index contributed by atoms with van der Waals surface area (Å²) in [7, 11) is 1.82. The van der Waals surface area contributed by atoms with Gasteiger partial charge in [0.2, 0.25) is 5.91 Å². The van der Waals surface area contributed by atoms with E-state index in [4.69, 9.17) is 0 Å². The molecule has 1 aromatic rings. The molecule has 1 heterocycles. The Labute approximate surface area is 180 Å². The maximum atomic E-state index is 12.1. The molecule has 1 aliphatic heterocycles. The summed E-state index contributed by atoms with van der Waals surface area (Å²) in [5.74, 6) is 1.17. The van der Waals surface area contributed by atoms with Crippen LogP contribution in [0, 0.1) is 11.3 Å². The number of hydrogen-bond donors (Lipinski definition) is 2. The third kappa shape index (κ3) is 6.09. The van der Waals surface area contributed by atoms with Crippen LogP contribution in [0.4, 0.5) is 0 Å². The number of carbonyl (C=O) groups excluding carboxylic acids is 1. The molecule has 2 aliphatic rings. The summed E-state index contributed by atoms with van der Waals surface area (Å²) in [4.78, 5) is 18.5. The molecule has 2 fully saturated rings. The molecule has 2 N–H and O–H groups in total. The Morgan fingerprint density at radius 3 is 2.59 bits per heavy atom. The molecule has 0 spiro atoms. The van der Waals surface area contributed by atoms with Crippen molar-refractivity contribution in [3.63, 3.8) is 0 Å². The van der Waals surface area contributed by atoms with Gasteiger partial charge in [-0.25, -0.2) is 0 Å². The lowest BCUT2D eigenvalue weighted by atomic mass is 9.96. The number of halogens is 1. The van der Waals surface area contributed by atoms with E-state index in [2.05, 4.69) is 46.0 Å². The van der Waals surface area contributed by atoms with Crippen LogP contribution >= 0.6 is 24.0 Å². The predicted octanol–water partition coefficient (Wildman–Crippen LogP) is 3.05. The number of guanidine groups is 1. The van der Waals surface area contributed by atoms with Crippen molar-refractivity contribution < 1.29 is 4.79 Å². The Kier molecular flexibility index (Phi) is 7.94. The van der Waals surface area contributed by atoms with Crippen LogP contribution in [0.15, 0.2) is 35.3 Å². The van der Waals surface area contributed by atoms with Crippen molar-refractivity contribution in [2.45, 2.75) is 45.6 Å². The summed E-state index contributed by atoms with van der Waals surface area (Å²) in [6.45, 7) is 6.48. The first-order valence-corrected chi connectivity index (χ1v) is 9.81. The van der Waals surface area contributed by atoms with E-state index in [9.17, 15) is 4.79 Å². The smallest absolute Gasteiger partial charge is 0.225 e. The molecule has 3 rings (SSSR count). The van der Waals surface area contributed by atoms with Gasteiger partial charge in [-0.05, 0) is 36.7 Å². The summed E-state index contributed by atoms with van der Waals surface area (Å²) >= 11 is 0. The molecule has 1 saturated heterocycles. The maximum Gasteiger partial charge on any atom is 0.225 e. The van der Waals surface area contributed by atoms with Gasteiger partial charge < -0.3 is 15.5 Å². The lowest BCUT2D eigenvalue weighted by Gasteiger charge is -2.22. The highest BCUT2D eigenvalue weighted by atomic mass is 127. The fourth-order valence-electron chi connectivity index (χ4n) is 3.72. The van der Waals surface area contributed by atoms with E-state index in [0.717, 1.165) is 38.4 Å². The largest absolute Gasteiger partial charge is 0.356 e. The standard InChI is InChI=1S/C21H32N4O.HI/c1-16(2)19(26)25-12-9-18(14-25)24-20(22-3)23-15-21(10-11-21)13-17-7-5-4-6-8-17;/h4-8,16,18H,9-15H2,1-3H3,(H2,22,23,24);1H. The number of hydrogen-bond acceptors (Lipinski definition) is 2. The van der Waals surface area contributed by atoms with Crippen LogP contribution in [0.5, 0.6) is 0 Å². The number of rotatable bonds is 6. The number of amides is 1. The number of aliphatic imine (C=N–C) groups is 1. The molecule has 0 radical (unpaired) electrons. The molecule has 1 aliphatic carbocycles. The fraction of sp³-hybridized carbons (Fsp3) is 0.619. The van der Waals surface area contributed by atoms with Gasteiger partial charge >= 0.3 is 0 Å². The van der Waals surface area contributed by atoms with Crippen LogP contribution in [0.2, 0.25) is 0 Å². The minimum Gasteiger partial charge on any atom is -0.356 e. The summed E-state index contributed by atoms with van der Waals surface area (Å²) in [5.41, 5.74) is 1.78. The van der Waals surface area contributed by atoms with Crippen molar-refractivity contribution in [1.29, 1.82) is 0 Å². The molecule has 1 amide bonds. The monoisotopic (exact) mass is 484 g/mol. The second kappa shape index (κ2) is 9.75. The van der Waals surface area contributed by atoms with Gasteiger partial charge in [0.25, 0.3) is 0 Å². The number of benzene rings is 1. The van der Waals surface area contributed by atoms with Gasteiger partial charge in [-0.1, -0.05) is 44.2 Å². The third-order valence-corrected chi connectivity index (χ3v) is 5.57. The number of nitrogens with one attached hydrogen (secondary N) is 2. The molecule has 150 valence electrons. The van der Waals surface area contributed by atoms with Crippen molar-refractivity contribution in [3.05, 3.63) is 35.9 Å². The first-order chi connectivity index (χ1) is 12.5. The minimum absolute atomic E-state index is 0. The number of carbonyl (C=O) groups is 1. The van der Waals surface area contributed by atoms with Crippen molar-refractivity contribution in [3.8, 4) is 0 Å². The van der Waals surface area contributed by atoms with Crippen LogP contribution in [-0.4, -0.2) is 49.5 Å². The lowest BCUT2D eigenvalue weighted by molar-refractivity contribution is -0.133. The van der Waals surface area contributed by atoms with E-state index < -0.39 is 0 Å². The fourth-order valence-corrected chi connectivity index (χ4v) is 3.72. The molecular formula is C21H33IN4O. The molecule has 1 saturated carbocycles. The van der Waals surface area contributed by atoms with Crippen LogP contribution in [0.3, 0.4) is 0 Å². The number of likely N-dealkylation sites (tertiary alicyclic amines) is 1. The molecule has 0 aromatic heterocycles. The Morgan fingerprint density at radius 1 is 1.30 bits per heavy atom. The van der Waals surface area contributed by atoms with Crippen molar-refractivity contribution in [2.24, 2.45) is 16.3 Å². The summed E-state index contributed by atoms with van der Waals surface area (Å²) in [6.07, 6.45) is 4.64. The van der Waals surface area contributed by atoms with E-state index in [1.165, 1.54) is 18.4 Å². The molecule has 1 atom stereocenters. The number of nitrogens with zero attached hydrogens (tertiary/aromatic N) is 2. The van der Waals surface area contributed by atoms with Crippen LogP contribution < -0.4 is 10.6 Å². The second-order valence-corrected chi connectivity index (χ2v) is 8.16. The van der Waals surface area contributed by atoms with Gasteiger partial charge in [0.15, 0.2) is 5.96 Å². The average Bonchev–Trinajstić information content (AvgIpc) is 3.24. The lowest BCUT2D eigenvalue weighted by Crippen LogP contribution is -2.46. The van der Waals surface area contributed by atoms with Crippen LogP contribution in [0.25, 0.3) is 0 Å². The quantitative estimate of drug-likeness (QED) is 0.371. The Hall–Kier alpha value is -1.31. The first kappa shape index (κ1) is 22.0. The Bertz CT molecular complexity index is 643. The van der Waals surface area contributed by atoms with Gasteiger partial charge in [0, 0.05) is 38.6 Å². The normalized spacial score (nSPS) is 21.0. The maximum absolute atomic E-state index is 12.1. The summed E-state index contributed by atoms with van der Waals surface area (Å²) < 4.78 is 0. The minimum atomic E-state index is 0. The molecule has 0 bridgehead atoms.